The number of pyridine rings is 1. The number of rotatable bonds is 4. The largest absolute Gasteiger partial charge is 0.476 e. The quantitative estimate of drug-likeness (QED) is 0.795. The molecule has 78 valence electrons. The van der Waals surface area contributed by atoms with Crippen LogP contribution in [0.1, 0.15) is 5.56 Å². The van der Waals surface area contributed by atoms with Crippen molar-refractivity contribution in [3.05, 3.63) is 21.4 Å². The van der Waals surface area contributed by atoms with Gasteiger partial charge in [0.2, 0.25) is 5.88 Å². The van der Waals surface area contributed by atoms with Crippen LogP contribution in [0.5, 0.6) is 5.88 Å². The van der Waals surface area contributed by atoms with E-state index < -0.39 is 0 Å². The topological polar surface area (TPSA) is 25.4 Å². The van der Waals surface area contributed by atoms with E-state index in [2.05, 4.69) is 32.5 Å². The van der Waals surface area contributed by atoms with Gasteiger partial charge in [0.05, 0.1) is 0 Å². The molecule has 0 spiro atoms. The summed E-state index contributed by atoms with van der Waals surface area (Å²) in [5.74, 6) is 0.710. The van der Waals surface area contributed by atoms with E-state index in [0.717, 1.165) is 6.54 Å². The number of halogens is 1. The minimum absolute atomic E-state index is 0.680. The molecular formula is C10H15IN2O. The molecule has 0 aliphatic carbocycles. The summed E-state index contributed by atoms with van der Waals surface area (Å²) < 4.78 is 6.69. The molecule has 0 amide bonds. The van der Waals surface area contributed by atoms with Gasteiger partial charge in [-0.2, -0.15) is 0 Å². The van der Waals surface area contributed by atoms with Crippen LogP contribution in [0, 0.1) is 10.5 Å². The molecule has 0 bridgehead atoms. The maximum absolute atomic E-state index is 5.50. The number of nitrogens with zero attached hydrogens (tertiary/aromatic N) is 2. The summed E-state index contributed by atoms with van der Waals surface area (Å²) in [4.78, 5) is 6.27. The monoisotopic (exact) mass is 306 g/mol. The summed E-state index contributed by atoms with van der Waals surface area (Å²) >= 11 is 2.28. The summed E-state index contributed by atoms with van der Waals surface area (Å²) in [5.41, 5.74) is 1.19. The molecule has 0 aromatic carbocycles. The van der Waals surface area contributed by atoms with Crippen molar-refractivity contribution in [3.63, 3.8) is 0 Å². The van der Waals surface area contributed by atoms with E-state index in [1.165, 1.54) is 9.13 Å². The van der Waals surface area contributed by atoms with Gasteiger partial charge in [-0.15, -0.1) is 0 Å². The third-order valence-corrected chi connectivity index (χ3v) is 2.96. The molecule has 4 heteroatoms. The fourth-order valence-electron chi connectivity index (χ4n) is 0.893. The first kappa shape index (κ1) is 11.7. The molecule has 3 nitrogen and oxygen atoms in total. The molecule has 0 atom stereocenters. The van der Waals surface area contributed by atoms with Gasteiger partial charge in [0, 0.05) is 22.4 Å². The van der Waals surface area contributed by atoms with Gasteiger partial charge in [-0.05, 0) is 49.2 Å². The zero-order valence-corrected chi connectivity index (χ0v) is 10.9. The maximum Gasteiger partial charge on any atom is 0.214 e. The van der Waals surface area contributed by atoms with Crippen LogP contribution in [0.4, 0.5) is 0 Å². The van der Waals surface area contributed by atoms with E-state index in [9.17, 15) is 0 Å². The van der Waals surface area contributed by atoms with Crippen molar-refractivity contribution in [3.8, 4) is 5.88 Å². The lowest BCUT2D eigenvalue weighted by atomic mass is 10.3. The van der Waals surface area contributed by atoms with Crippen molar-refractivity contribution in [1.29, 1.82) is 0 Å². The highest BCUT2D eigenvalue weighted by molar-refractivity contribution is 14.1. The van der Waals surface area contributed by atoms with Crippen LogP contribution in [-0.2, 0) is 0 Å². The normalized spacial score (nSPS) is 10.6. The third kappa shape index (κ3) is 3.79. The second-order valence-electron chi connectivity index (χ2n) is 3.42. The second kappa shape index (κ2) is 5.50. The first-order chi connectivity index (χ1) is 6.59. The van der Waals surface area contributed by atoms with Crippen LogP contribution in [0.15, 0.2) is 12.3 Å². The zero-order valence-electron chi connectivity index (χ0n) is 8.75. The van der Waals surface area contributed by atoms with Gasteiger partial charge < -0.3 is 9.64 Å². The van der Waals surface area contributed by atoms with E-state index in [1.54, 1.807) is 0 Å². The summed E-state index contributed by atoms with van der Waals surface area (Å²) in [6, 6.07) is 1.96. The van der Waals surface area contributed by atoms with E-state index >= 15 is 0 Å². The highest BCUT2D eigenvalue weighted by Gasteiger charge is 1.99. The van der Waals surface area contributed by atoms with Crippen molar-refractivity contribution >= 4 is 22.6 Å². The lowest BCUT2D eigenvalue weighted by Gasteiger charge is -2.10. The number of aromatic nitrogens is 1. The van der Waals surface area contributed by atoms with E-state index in [0.29, 0.717) is 12.5 Å². The molecular weight excluding hydrogens is 291 g/mol. The molecule has 1 heterocycles. The first-order valence-corrected chi connectivity index (χ1v) is 5.57. The van der Waals surface area contributed by atoms with Gasteiger partial charge in [0.15, 0.2) is 0 Å². The van der Waals surface area contributed by atoms with E-state index in [4.69, 9.17) is 4.74 Å². The Morgan fingerprint density at radius 2 is 2.21 bits per heavy atom. The lowest BCUT2D eigenvalue weighted by Crippen LogP contribution is -2.19. The SMILES string of the molecule is Cc1cnc(OCCN(C)C)cc1I. The first-order valence-electron chi connectivity index (χ1n) is 4.49. The smallest absolute Gasteiger partial charge is 0.214 e. The average Bonchev–Trinajstić information content (AvgIpc) is 2.10. The zero-order chi connectivity index (χ0) is 10.6. The fourth-order valence-corrected chi connectivity index (χ4v) is 1.30. The molecule has 0 unspecified atom stereocenters. The predicted molar refractivity (Wildman–Crippen MR) is 65.7 cm³/mol. The molecule has 1 aromatic rings. The van der Waals surface area contributed by atoms with Gasteiger partial charge in [-0.1, -0.05) is 0 Å². The van der Waals surface area contributed by atoms with E-state index in [1.807, 2.05) is 33.3 Å². The third-order valence-electron chi connectivity index (χ3n) is 1.80. The Morgan fingerprint density at radius 3 is 2.79 bits per heavy atom. The molecule has 0 aliphatic heterocycles. The standard InChI is InChI=1S/C10H15IN2O/c1-8-7-12-10(6-9(8)11)14-5-4-13(2)3/h6-7H,4-5H2,1-3H3. The molecule has 0 radical (unpaired) electrons. The highest BCUT2D eigenvalue weighted by Crippen LogP contribution is 2.15. The van der Waals surface area contributed by atoms with Crippen molar-refractivity contribution in [2.45, 2.75) is 6.92 Å². The molecule has 0 fully saturated rings. The van der Waals surface area contributed by atoms with Gasteiger partial charge in [-0.3, -0.25) is 0 Å². The molecule has 0 saturated heterocycles. The molecule has 0 saturated carbocycles. The van der Waals surface area contributed by atoms with Crippen LogP contribution in [-0.4, -0.2) is 37.1 Å². The summed E-state index contributed by atoms with van der Waals surface area (Å²) in [6.45, 7) is 3.63. The molecule has 1 aromatic heterocycles. The molecule has 0 N–H and O–H groups in total. The molecule has 14 heavy (non-hydrogen) atoms. The predicted octanol–water partition coefficient (Wildman–Crippen LogP) is 1.94. The summed E-state index contributed by atoms with van der Waals surface area (Å²) in [6.07, 6.45) is 1.84. The molecule has 1 rings (SSSR count). The Bertz CT molecular complexity index is 302. The van der Waals surface area contributed by atoms with E-state index in [-0.39, 0.29) is 0 Å². The van der Waals surface area contributed by atoms with Crippen LogP contribution in [0.25, 0.3) is 0 Å². The fraction of sp³-hybridized carbons (Fsp3) is 0.500. The minimum atomic E-state index is 0.680. The summed E-state index contributed by atoms with van der Waals surface area (Å²) in [7, 11) is 4.05. The number of ether oxygens (including phenoxy) is 1. The maximum atomic E-state index is 5.50. The van der Waals surface area contributed by atoms with Crippen molar-refractivity contribution in [1.82, 2.24) is 9.88 Å². The highest BCUT2D eigenvalue weighted by atomic mass is 127. The lowest BCUT2D eigenvalue weighted by molar-refractivity contribution is 0.253. The number of hydrogen-bond donors (Lipinski definition) is 0. The molecule has 0 aliphatic rings. The van der Waals surface area contributed by atoms with Crippen LogP contribution < -0.4 is 4.74 Å². The van der Waals surface area contributed by atoms with Crippen LogP contribution >= 0.6 is 22.6 Å². The number of likely N-dealkylation sites (N-methyl/N-ethyl adjacent to an activating group) is 1. The van der Waals surface area contributed by atoms with Crippen LogP contribution in [0.3, 0.4) is 0 Å². The van der Waals surface area contributed by atoms with Gasteiger partial charge in [0.1, 0.15) is 6.61 Å². The van der Waals surface area contributed by atoms with Crippen molar-refractivity contribution in [2.24, 2.45) is 0 Å². The van der Waals surface area contributed by atoms with Crippen LogP contribution in [0.2, 0.25) is 0 Å². The van der Waals surface area contributed by atoms with Crippen molar-refractivity contribution < 1.29 is 4.74 Å². The Morgan fingerprint density at radius 1 is 1.50 bits per heavy atom. The Balaban J connectivity index is 2.47. The number of hydrogen-bond acceptors (Lipinski definition) is 3. The Hall–Kier alpha value is -0.360. The minimum Gasteiger partial charge on any atom is -0.476 e. The van der Waals surface area contributed by atoms with Crippen molar-refractivity contribution in [2.75, 3.05) is 27.2 Å². The van der Waals surface area contributed by atoms with Gasteiger partial charge in [-0.25, -0.2) is 4.98 Å². The second-order valence-corrected chi connectivity index (χ2v) is 4.59. The Kier molecular flexibility index (Phi) is 4.60. The summed E-state index contributed by atoms with van der Waals surface area (Å²) in [5, 5.41) is 0. The average molecular weight is 306 g/mol. The number of aryl methyl sites for hydroxylation is 1. The van der Waals surface area contributed by atoms with Gasteiger partial charge >= 0.3 is 0 Å². The Labute approximate surface area is 98.6 Å². The van der Waals surface area contributed by atoms with Gasteiger partial charge in [0.25, 0.3) is 0 Å².